The fourth-order valence-corrected chi connectivity index (χ4v) is 7.32. The Kier molecular flexibility index (Phi) is 3.47. The van der Waals surface area contributed by atoms with Crippen LogP contribution in [0.5, 0.6) is 0 Å². The minimum atomic E-state index is -0.764. The van der Waals surface area contributed by atoms with Crippen molar-refractivity contribution in [3.8, 4) is 33.4 Å². The van der Waals surface area contributed by atoms with Crippen LogP contribution in [0.3, 0.4) is 0 Å². The normalized spacial score (nSPS) is 16.2. The number of rotatable bonds is 3. The number of hydrogen-bond donors (Lipinski definition) is 0. The standard InChI is InChI=1S/C48H28O2/c1-2-14-31-26-32(25-24-29(31)12-1)44-35-17-5-7-19-37(35)45(38-20-8-6-18-36(38)44)40-27-43-46(39-21-9-10-23-42(39)50-43)47-41(28-49-48(40)47)34-22-11-15-30-13-3-4-16-33(30)34/h1-28H/i1D,2D,5D,6D,7D,8D,12D,14D,17D,18D,19D,20D,24D,25D,26D. The van der Waals surface area contributed by atoms with Crippen LogP contribution in [-0.2, 0) is 0 Å². The second-order valence-electron chi connectivity index (χ2n) is 12.0. The summed E-state index contributed by atoms with van der Waals surface area (Å²) < 4.78 is 149. The van der Waals surface area contributed by atoms with Gasteiger partial charge in [-0.15, -0.1) is 0 Å². The topological polar surface area (TPSA) is 26.3 Å². The van der Waals surface area contributed by atoms with Gasteiger partial charge in [0.15, 0.2) is 0 Å². The highest BCUT2D eigenvalue weighted by atomic mass is 16.3. The van der Waals surface area contributed by atoms with E-state index in [0.717, 1.165) is 21.7 Å². The maximum absolute atomic E-state index is 9.59. The predicted octanol–water partition coefficient (Wildman–Crippen LogP) is 13.9. The summed E-state index contributed by atoms with van der Waals surface area (Å²) in [6.07, 6.45) is 1.58. The molecule has 0 saturated heterocycles. The van der Waals surface area contributed by atoms with E-state index in [0.29, 0.717) is 27.5 Å². The van der Waals surface area contributed by atoms with Crippen molar-refractivity contribution in [2.24, 2.45) is 0 Å². The Hall–Kier alpha value is -6.64. The fourth-order valence-electron chi connectivity index (χ4n) is 7.32. The minimum Gasteiger partial charge on any atom is -0.463 e. The molecule has 0 saturated carbocycles. The molecule has 11 rings (SSSR count). The highest BCUT2D eigenvalue weighted by Crippen LogP contribution is 2.50. The molecule has 0 amide bonds. The quantitative estimate of drug-likeness (QED) is 0.178. The van der Waals surface area contributed by atoms with Gasteiger partial charge in [-0.25, -0.2) is 0 Å². The van der Waals surface area contributed by atoms with Gasteiger partial charge in [-0.2, -0.15) is 0 Å². The van der Waals surface area contributed by atoms with Crippen molar-refractivity contribution in [1.29, 1.82) is 0 Å². The van der Waals surface area contributed by atoms with Crippen LogP contribution >= 0.6 is 0 Å². The van der Waals surface area contributed by atoms with Gasteiger partial charge in [0.1, 0.15) is 16.7 Å². The fraction of sp³-hybridized carbons (Fsp3) is 0. The number of para-hydroxylation sites is 1. The molecule has 0 unspecified atom stereocenters. The number of fused-ring (bicyclic) bond motifs is 9. The lowest BCUT2D eigenvalue weighted by Crippen LogP contribution is -1.91. The summed E-state index contributed by atoms with van der Waals surface area (Å²) in [5.74, 6) is 0. The van der Waals surface area contributed by atoms with Crippen LogP contribution in [0.2, 0.25) is 0 Å². The molecule has 2 heterocycles. The molecule has 0 atom stereocenters. The van der Waals surface area contributed by atoms with Crippen molar-refractivity contribution >= 4 is 76.0 Å². The smallest absolute Gasteiger partial charge is 0.143 e. The molecule has 2 heteroatoms. The van der Waals surface area contributed by atoms with Gasteiger partial charge >= 0.3 is 0 Å². The van der Waals surface area contributed by atoms with Gasteiger partial charge in [0.05, 0.1) is 26.8 Å². The lowest BCUT2D eigenvalue weighted by atomic mass is 9.84. The number of benzene rings is 9. The summed E-state index contributed by atoms with van der Waals surface area (Å²) in [6.45, 7) is 0. The summed E-state index contributed by atoms with van der Waals surface area (Å²) >= 11 is 0. The molecule has 50 heavy (non-hydrogen) atoms. The molecule has 0 N–H and O–H groups in total. The molecular formula is C48H28O2. The van der Waals surface area contributed by atoms with E-state index in [-0.39, 0.29) is 38.3 Å². The average molecular weight is 652 g/mol. The van der Waals surface area contributed by atoms with Crippen LogP contribution in [0, 0.1) is 0 Å². The van der Waals surface area contributed by atoms with Gasteiger partial charge in [0, 0.05) is 32.8 Å². The van der Waals surface area contributed by atoms with Gasteiger partial charge in [-0.1, -0.05) is 145 Å². The van der Waals surface area contributed by atoms with Crippen LogP contribution in [0.4, 0.5) is 0 Å². The summed E-state index contributed by atoms with van der Waals surface area (Å²) in [5, 5.41) is 1.69. The third-order valence-corrected chi connectivity index (χ3v) is 9.41. The monoisotopic (exact) mass is 651 g/mol. The van der Waals surface area contributed by atoms with Gasteiger partial charge < -0.3 is 8.83 Å². The van der Waals surface area contributed by atoms with Crippen LogP contribution in [0.25, 0.3) is 109 Å². The molecule has 232 valence electrons. The van der Waals surface area contributed by atoms with Gasteiger partial charge in [-0.3, -0.25) is 0 Å². The van der Waals surface area contributed by atoms with E-state index < -0.39 is 113 Å². The summed E-state index contributed by atoms with van der Waals surface area (Å²) in [4.78, 5) is 0. The second-order valence-corrected chi connectivity index (χ2v) is 12.0. The SMILES string of the molecule is [2H]c1c([2H])c([2H])c2c([2H])c(-c3c4c([2H])c([2H])c([2H])c([2H])c4c(-c4cc5oc6ccccc6c5c5c(-c6cccc7ccccc67)coc45)c4c([2H])c([2H])c([2H])c([2H])c34)c([2H])c([2H])c2c1[2H]. The zero-order valence-corrected chi connectivity index (χ0v) is 25.8. The molecule has 0 bridgehead atoms. The first kappa shape index (κ1) is 16.6. The van der Waals surface area contributed by atoms with Crippen molar-refractivity contribution in [2.45, 2.75) is 0 Å². The van der Waals surface area contributed by atoms with Crippen molar-refractivity contribution in [1.82, 2.24) is 0 Å². The molecule has 0 aliphatic rings. The van der Waals surface area contributed by atoms with Crippen LogP contribution in [-0.4, -0.2) is 0 Å². The Morgan fingerprint density at radius 2 is 1.10 bits per heavy atom. The molecule has 2 nitrogen and oxygen atoms in total. The maximum Gasteiger partial charge on any atom is 0.143 e. The minimum absolute atomic E-state index is 0.0872. The number of furan rings is 2. The van der Waals surface area contributed by atoms with E-state index in [1.165, 1.54) is 0 Å². The van der Waals surface area contributed by atoms with E-state index in [4.69, 9.17) is 21.2 Å². The predicted molar refractivity (Wildman–Crippen MR) is 210 cm³/mol. The third kappa shape index (κ3) is 3.85. The Morgan fingerprint density at radius 3 is 1.90 bits per heavy atom. The molecule has 9 aromatic carbocycles. The second kappa shape index (κ2) is 10.4. The van der Waals surface area contributed by atoms with Crippen molar-refractivity contribution in [2.75, 3.05) is 0 Å². The molecule has 0 radical (unpaired) electrons. The summed E-state index contributed by atoms with van der Waals surface area (Å²) in [6, 6.07) is 12.2. The van der Waals surface area contributed by atoms with Crippen LogP contribution in [0.1, 0.15) is 20.6 Å². The zero-order valence-electron chi connectivity index (χ0n) is 40.8. The Balaban J connectivity index is 1.43. The maximum atomic E-state index is 9.59. The largest absolute Gasteiger partial charge is 0.463 e. The molecule has 2 aromatic heterocycles. The molecule has 0 aliphatic heterocycles. The molecule has 0 spiro atoms. The van der Waals surface area contributed by atoms with Crippen molar-refractivity contribution < 1.29 is 29.4 Å². The molecule has 0 fully saturated rings. The molecule has 0 aliphatic carbocycles. The van der Waals surface area contributed by atoms with Gasteiger partial charge in [-0.05, 0) is 78.0 Å². The van der Waals surface area contributed by atoms with Crippen molar-refractivity contribution in [3.63, 3.8) is 0 Å². The first-order valence-corrected chi connectivity index (χ1v) is 15.9. The highest BCUT2D eigenvalue weighted by Gasteiger charge is 2.25. The summed E-state index contributed by atoms with van der Waals surface area (Å²) in [7, 11) is 0. The first-order valence-electron chi connectivity index (χ1n) is 23.4. The number of hydrogen-bond acceptors (Lipinski definition) is 2. The Bertz CT molecular complexity index is 3930. The van der Waals surface area contributed by atoms with Gasteiger partial charge in [0.25, 0.3) is 0 Å². The zero-order chi connectivity index (χ0) is 45.8. The van der Waals surface area contributed by atoms with E-state index in [1.54, 1.807) is 18.4 Å². The van der Waals surface area contributed by atoms with Crippen LogP contribution in [0.15, 0.2) is 179 Å². The van der Waals surface area contributed by atoms with E-state index in [1.807, 2.05) is 60.7 Å². The van der Waals surface area contributed by atoms with E-state index in [2.05, 4.69) is 0 Å². The van der Waals surface area contributed by atoms with E-state index in [9.17, 15) is 8.22 Å². The van der Waals surface area contributed by atoms with Gasteiger partial charge in [0.2, 0.25) is 0 Å². The summed E-state index contributed by atoms with van der Waals surface area (Å²) in [5.41, 5.74) is 1.60. The lowest BCUT2D eigenvalue weighted by molar-refractivity contribution is 0.617. The van der Waals surface area contributed by atoms with Crippen LogP contribution < -0.4 is 0 Å². The van der Waals surface area contributed by atoms with E-state index >= 15 is 0 Å². The lowest BCUT2D eigenvalue weighted by Gasteiger charge is -2.18. The Morgan fingerprint density at radius 1 is 0.440 bits per heavy atom. The molecule has 11 aromatic rings. The van der Waals surface area contributed by atoms with Crippen molar-refractivity contribution in [3.05, 3.63) is 170 Å². The first-order chi connectivity index (χ1) is 31.1. The third-order valence-electron chi connectivity index (χ3n) is 9.41. The molecular weight excluding hydrogens is 609 g/mol. The highest BCUT2D eigenvalue weighted by molar-refractivity contribution is 6.29. The average Bonchev–Trinajstić information content (AvgIpc) is 3.92. The Labute approximate surface area is 308 Å².